The molecule has 1 fully saturated rings. The molecule has 0 amide bonds. The lowest BCUT2D eigenvalue weighted by Crippen LogP contribution is -2.43. The first-order chi connectivity index (χ1) is 7.25. The van der Waals surface area contributed by atoms with Gasteiger partial charge in [0, 0.05) is 12.6 Å². The van der Waals surface area contributed by atoms with Crippen molar-refractivity contribution in [1.29, 1.82) is 0 Å². The third-order valence-electron chi connectivity index (χ3n) is 2.92. The van der Waals surface area contributed by atoms with Gasteiger partial charge in [-0.05, 0) is 18.4 Å². The molecule has 0 aromatic heterocycles. The molecule has 1 aromatic carbocycles. The lowest BCUT2D eigenvalue weighted by molar-refractivity contribution is -0.145. The van der Waals surface area contributed by atoms with Gasteiger partial charge >= 0.3 is 5.97 Å². The molecular formula is C12H16ClNO2. The zero-order valence-electron chi connectivity index (χ0n) is 8.93. The summed E-state index contributed by atoms with van der Waals surface area (Å²) >= 11 is 0. The standard InChI is InChI=1S/C12H15NO2.ClH/c14-12(15)10-6-11(7-10)13-8-9-4-2-1-3-5-9;/h1-5,10-11,13H,6-8H2,(H,14,15);1H. The average Bonchev–Trinajstić information content (AvgIpc) is 2.16. The van der Waals surface area contributed by atoms with Gasteiger partial charge < -0.3 is 10.4 Å². The highest BCUT2D eigenvalue weighted by Crippen LogP contribution is 2.27. The maximum atomic E-state index is 10.6. The fourth-order valence-electron chi connectivity index (χ4n) is 1.84. The number of carboxylic acid groups (broad SMARTS) is 1. The smallest absolute Gasteiger partial charge is 0.306 e. The van der Waals surface area contributed by atoms with Gasteiger partial charge in [-0.1, -0.05) is 30.3 Å². The van der Waals surface area contributed by atoms with Crippen molar-refractivity contribution in [1.82, 2.24) is 5.32 Å². The second-order valence-electron chi connectivity index (χ2n) is 4.07. The number of rotatable bonds is 4. The lowest BCUT2D eigenvalue weighted by atomic mass is 9.80. The molecule has 0 aliphatic heterocycles. The van der Waals surface area contributed by atoms with Gasteiger partial charge in [0.15, 0.2) is 0 Å². The van der Waals surface area contributed by atoms with E-state index in [1.54, 1.807) is 0 Å². The average molecular weight is 242 g/mol. The van der Waals surface area contributed by atoms with Gasteiger partial charge in [-0.3, -0.25) is 4.79 Å². The highest BCUT2D eigenvalue weighted by Gasteiger charge is 2.33. The zero-order chi connectivity index (χ0) is 10.7. The van der Waals surface area contributed by atoms with E-state index in [2.05, 4.69) is 17.4 Å². The van der Waals surface area contributed by atoms with Crippen LogP contribution in [0.3, 0.4) is 0 Å². The minimum absolute atomic E-state index is 0. The molecule has 1 aromatic rings. The van der Waals surface area contributed by atoms with Crippen molar-refractivity contribution >= 4 is 18.4 Å². The Balaban J connectivity index is 0.00000128. The van der Waals surface area contributed by atoms with E-state index in [1.165, 1.54) is 5.56 Å². The van der Waals surface area contributed by atoms with Crippen molar-refractivity contribution in [2.45, 2.75) is 25.4 Å². The third-order valence-corrected chi connectivity index (χ3v) is 2.92. The maximum absolute atomic E-state index is 10.6. The Morgan fingerprint density at radius 3 is 2.50 bits per heavy atom. The molecule has 0 atom stereocenters. The molecule has 0 spiro atoms. The van der Waals surface area contributed by atoms with Crippen LogP contribution >= 0.6 is 12.4 Å². The van der Waals surface area contributed by atoms with Gasteiger partial charge in [0.05, 0.1) is 5.92 Å². The number of carboxylic acids is 1. The summed E-state index contributed by atoms with van der Waals surface area (Å²) in [6.45, 7) is 0.831. The summed E-state index contributed by atoms with van der Waals surface area (Å²) < 4.78 is 0. The first-order valence-corrected chi connectivity index (χ1v) is 5.26. The second kappa shape index (κ2) is 5.87. The van der Waals surface area contributed by atoms with Crippen LogP contribution in [0.2, 0.25) is 0 Å². The van der Waals surface area contributed by atoms with E-state index in [0.29, 0.717) is 6.04 Å². The number of halogens is 1. The summed E-state index contributed by atoms with van der Waals surface area (Å²) in [5.74, 6) is -0.786. The van der Waals surface area contributed by atoms with E-state index in [-0.39, 0.29) is 18.3 Å². The Morgan fingerprint density at radius 2 is 1.94 bits per heavy atom. The summed E-state index contributed by atoms with van der Waals surface area (Å²) in [5, 5.41) is 12.1. The molecular weight excluding hydrogens is 226 g/mol. The van der Waals surface area contributed by atoms with E-state index in [1.807, 2.05) is 18.2 Å². The molecule has 2 N–H and O–H groups in total. The maximum Gasteiger partial charge on any atom is 0.306 e. The van der Waals surface area contributed by atoms with Gasteiger partial charge in [0.1, 0.15) is 0 Å². The number of nitrogens with one attached hydrogen (secondary N) is 1. The fraction of sp³-hybridized carbons (Fsp3) is 0.417. The van der Waals surface area contributed by atoms with Gasteiger partial charge in [-0.15, -0.1) is 12.4 Å². The quantitative estimate of drug-likeness (QED) is 0.849. The normalized spacial score (nSPS) is 23.0. The Labute approximate surface area is 101 Å². The Kier molecular flexibility index (Phi) is 4.77. The highest BCUT2D eigenvalue weighted by atomic mass is 35.5. The summed E-state index contributed by atoms with van der Waals surface area (Å²) in [6, 6.07) is 10.5. The molecule has 1 aliphatic carbocycles. The van der Waals surface area contributed by atoms with E-state index < -0.39 is 5.97 Å². The van der Waals surface area contributed by atoms with Crippen LogP contribution in [0.5, 0.6) is 0 Å². The summed E-state index contributed by atoms with van der Waals surface area (Å²) in [5.41, 5.74) is 1.25. The van der Waals surface area contributed by atoms with Crippen LogP contribution in [0.25, 0.3) is 0 Å². The van der Waals surface area contributed by atoms with Crippen LogP contribution in [0.4, 0.5) is 0 Å². The molecule has 3 nitrogen and oxygen atoms in total. The van der Waals surface area contributed by atoms with Crippen LogP contribution in [0.1, 0.15) is 18.4 Å². The summed E-state index contributed by atoms with van der Waals surface area (Å²) in [6.07, 6.45) is 1.53. The molecule has 0 saturated heterocycles. The lowest BCUT2D eigenvalue weighted by Gasteiger charge is -2.33. The molecule has 0 heterocycles. The van der Waals surface area contributed by atoms with Crippen LogP contribution in [0.15, 0.2) is 30.3 Å². The highest BCUT2D eigenvalue weighted by molar-refractivity contribution is 5.85. The number of hydrogen-bond acceptors (Lipinski definition) is 2. The fourth-order valence-corrected chi connectivity index (χ4v) is 1.84. The van der Waals surface area contributed by atoms with Crippen molar-refractivity contribution in [3.05, 3.63) is 35.9 Å². The van der Waals surface area contributed by atoms with E-state index in [4.69, 9.17) is 5.11 Å². The van der Waals surface area contributed by atoms with Gasteiger partial charge in [0.2, 0.25) is 0 Å². The molecule has 88 valence electrons. The molecule has 2 rings (SSSR count). The van der Waals surface area contributed by atoms with Crippen LogP contribution < -0.4 is 5.32 Å². The van der Waals surface area contributed by atoms with Crippen molar-refractivity contribution < 1.29 is 9.90 Å². The van der Waals surface area contributed by atoms with Crippen molar-refractivity contribution in [3.63, 3.8) is 0 Å². The van der Waals surface area contributed by atoms with Crippen molar-refractivity contribution in [2.75, 3.05) is 0 Å². The molecule has 1 aliphatic rings. The molecule has 16 heavy (non-hydrogen) atoms. The van der Waals surface area contributed by atoms with Gasteiger partial charge in [-0.2, -0.15) is 0 Å². The predicted molar refractivity (Wildman–Crippen MR) is 64.7 cm³/mol. The van der Waals surface area contributed by atoms with Crippen molar-refractivity contribution in [3.8, 4) is 0 Å². The minimum Gasteiger partial charge on any atom is -0.481 e. The monoisotopic (exact) mass is 241 g/mol. The molecule has 0 radical (unpaired) electrons. The molecule has 0 bridgehead atoms. The van der Waals surface area contributed by atoms with Crippen LogP contribution in [0, 0.1) is 5.92 Å². The molecule has 0 unspecified atom stereocenters. The minimum atomic E-state index is -0.659. The topological polar surface area (TPSA) is 49.3 Å². The first kappa shape index (κ1) is 13.0. The van der Waals surface area contributed by atoms with Crippen molar-refractivity contribution in [2.24, 2.45) is 5.92 Å². The second-order valence-corrected chi connectivity index (χ2v) is 4.07. The molecule has 1 saturated carbocycles. The van der Waals surface area contributed by atoms with Crippen LogP contribution in [-0.2, 0) is 11.3 Å². The zero-order valence-corrected chi connectivity index (χ0v) is 9.74. The third kappa shape index (κ3) is 3.22. The van der Waals surface area contributed by atoms with Crippen LogP contribution in [-0.4, -0.2) is 17.1 Å². The van der Waals surface area contributed by atoms with Gasteiger partial charge in [-0.25, -0.2) is 0 Å². The summed E-state index contributed by atoms with van der Waals surface area (Å²) in [4.78, 5) is 10.6. The largest absolute Gasteiger partial charge is 0.481 e. The van der Waals surface area contributed by atoms with E-state index in [0.717, 1.165) is 19.4 Å². The van der Waals surface area contributed by atoms with Gasteiger partial charge in [0.25, 0.3) is 0 Å². The number of carbonyl (C=O) groups is 1. The first-order valence-electron chi connectivity index (χ1n) is 5.26. The predicted octanol–water partition coefficient (Wildman–Crippen LogP) is 2.06. The SMILES string of the molecule is Cl.O=C(O)C1CC(NCc2ccccc2)C1. The molecule has 4 heteroatoms. The van der Waals surface area contributed by atoms with E-state index in [9.17, 15) is 4.79 Å². The number of benzene rings is 1. The number of hydrogen-bond donors (Lipinski definition) is 2. The Bertz CT molecular complexity index is 336. The number of aliphatic carboxylic acids is 1. The summed E-state index contributed by atoms with van der Waals surface area (Å²) in [7, 11) is 0. The Morgan fingerprint density at radius 1 is 1.31 bits per heavy atom. The van der Waals surface area contributed by atoms with E-state index >= 15 is 0 Å². The Hall–Kier alpha value is -1.06.